The minimum absolute atomic E-state index is 0.0249. The van der Waals surface area contributed by atoms with Gasteiger partial charge in [-0.2, -0.15) is 0 Å². The topological polar surface area (TPSA) is 105 Å². The molecular weight excluding hydrogens is 436 g/mol. The van der Waals surface area contributed by atoms with Crippen LogP contribution in [0, 0.1) is 0 Å². The summed E-state index contributed by atoms with van der Waals surface area (Å²) < 4.78 is 7.26. The van der Waals surface area contributed by atoms with E-state index in [1.54, 1.807) is 53.7 Å². The molecule has 9 heteroatoms. The first kappa shape index (κ1) is 25.4. The average molecular weight is 471 g/mol. The molecule has 0 spiro atoms. The van der Waals surface area contributed by atoms with Crippen LogP contribution < -0.4 is 0 Å². The van der Waals surface area contributed by atoms with Crippen LogP contribution in [0.1, 0.15) is 66.9 Å². The highest BCUT2D eigenvalue weighted by Crippen LogP contribution is 2.22. The van der Waals surface area contributed by atoms with Gasteiger partial charge in [-0.25, -0.2) is 9.78 Å². The molecular formula is C25H34N4O5. The summed E-state index contributed by atoms with van der Waals surface area (Å²) in [6, 6.07) is 7.24. The normalized spacial score (nSPS) is 14.7. The van der Waals surface area contributed by atoms with Gasteiger partial charge in [-0.1, -0.05) is 24.3 Å². The lowest BCUT2D eigenvalue weighted by molar-refractivity contribution is 0.00473. The Labute approximate surface area is 200 Å². The van der Waals surface area contributed by atoms with E-state index < -0.39 is 11.7 Å². The molecule has 0 unspecified atom stereocenters. The number of piperidine rings is 1. The smallest absolute Gasteiger partial charge is 0.410 e. The summed E-state index contributed by atoms with van der Waals surface area (Å²) in [7, 11) is 0. The van der Waals surface area contributed by atoms with Crippen molar-refractivity contribution in [2.24, 2.45) is 0 Å². The second-order valence-corrected chi connectivity index (χ2v) is 9.54. The first-order valence-corrected chi connectivity index (χ1v) is 11.6. The lowest BCUT2D eigenvalue weighted by Crippen LogP contribution is -2.51. The molecule has 0 radical (unpaired) electrons. The van der Waals surface area contributed by atoms with Crippen molar-refractivity contribution in [1.82, 2.24) is 19.4 Å². The number of hydrogen-bond donors (Lipinski definition) is 1. The third kappa shape index (κ3) is 6.22. The summed E-state index contributed by atoms with van der Waals surface area (Å²) in [5.41, 5.74) is 1.29. The fourth-order valence-electron chi connectivity index (χ4n) is 4.20. The van der Waals surface area contributed by atoms with Crippen molar-refractivity contribution in [2.45, 2.75) is 58.7 Å². The predicted molar refractivity (Wildman–Crippen MR) is 127 cm³/mol. The standard InChI is InChI=1S/C25H34N4O5/c1-18(31)21-8-6-5-7-19(21)16-28-17-26-15-22(28)23(32)27-11-9-20(10-12-27)29(13-14-30)24(33)34-25(2,3)4/h5-8,15,17,20,30H,9-14,16H2,1-4H3. The number of rotatable bonds is 7. The first-order chi connectivity index (χ1) is 16.1. The number of amides is 2. The molecule has 1 aromatic heterocycles. The summed E-state index contributed by atoms with van der Waals surface area (Å²) >= 11 is 0. The molecule has 34 heavy (non-hydrogen) atoms. The van der Waals surface area contributed by atoms with Crippen LogP contribution in [0.4, 0.5) is 4.79 Å². The van der Waals surface area contributed by atoms with Gasteiger partial charge in [0, 0.05) is 37.8 Å². The van der Waals surface area contributed by atoms with Crippen LogP contribution in [0.25, 0.3) is 0 Å². The summed E-state index contributed by atoms with van der Waals surface area (Å²) in [6.07, 6.45) is 3.87. The summed E-state index contributed by atoms with van der Waals surface area (Å²) in [5, 5.41) is 9.44. The monoisotopic (exact) mass is 470 g/mol. The number of carbonyl (C=O) groups excluding carboxylic acids is 3. The summed E-state index contributed by atoms with van der Waals surface area (Å²) in [5.74, 6) is -0.162. The third-order valence-electron chi connectivity index (χ3n) is 5.83. The van der Waals surface area contributed by atoms with Gasteiger partial charge in [-0.3, -0.25) is 9.59 Å². The first-order valence-electron chi connectivity index (χ1n) is 11.6. The maximum absolute atomic E-state index is 13.3. The number of aromatic nitrogens is 2. The van der Waals surface area contributed by atoms with Crippen LogP contribution in [0.15, 0.2) is 36.8 Å². The van der Waals surface area contributed by atoms with E-state index in [1.165, 1.54) is 6.92 Å². The Bertz CT molecular complexity index is 1020. The van der Waals surface area contributed by atoms with Crippen molar-refractivity contribution >= 4 is 17.8 Å². The van der Waals surface area contributed by atoms with Crippen LogP contribution in [-0.4, -0.2) is 80.1 Å². The van der Waals surface area contributed by atoms with Crippen LogP contribution >= 0.6 is 0 Å². The molecule has 9 nitrogen and oxygen atoms in total. The molecule has 184 valence electrons. The van der Waals surface area contributed by atoms with Crippen molar-refractivity contribution in [2.75, 3.05) is 26.2 Å². The van der Waals surface area contributed by atoms with Gasteiger partial charge in [-0.05, 0) is 46.1 Å². The highest BCUT2D eigenvalue weighted by atomic mass is 16.6. The number of nitrogens with zero attached hydrogens (tertiary/aromatic N) is 4. The van der Waals surface area contributed by atoms with E-state index in [4.69, 9.17) is 4.74 Å². The molecule has 2 amide bonds. The number of ether oxygens (including phenoxy) is 1. The van der Waals surface area contributed by atoms with Crippen molar-refractivity contribution in [1.29, 1.82) is 0 Å². The quantitative estimate of drug-likeness (QED) is 0.624. The van der Waals surface area contributed by atoms with Gasteiger partial charge >= 0.3 is 6.09 Å². The number of aliphatic hydroxyl groups excluding tert-OH is 1. The van der Waals surface area contributed by atoms with E-state index in [-0.39, 0.29) is 30.9 Å². The predicted octanol–water partition coefficient (Wildman–Crippen LogP) is 2.97. The minimum Gasteiger partial charge on any atom is -0.444 e. The van der Waals surface area contributed by atoms with E-state index >= 15 is 0 Å². The second kappa shape index (κ2) is 10.8. The van der Waals surface area contributed by atoms with Crippen molar-refractivity contribution in [3.63, 3.8) is 0 Å². The Hall–Kier alpha value is -3.20. The van der Waals surface area contributed by atoms with Gasteiger partial charge < -0.3 is 24.2 Å². The van der Waals surface area contributed by atoms with E-state index in [2.05, 4.69) is 4.98 Å². The van der Waals surface area contributed by atoms with E-state index in [0.29, 0.717) is 43.7 Å². The average Bonchev–Trinajstić information content (AvgIpc) is 3.24. The molecule has 1 fully saturated rings. The molecule has 1 aromatic carbocycles. The largest absolute Gasteiger partial charge is 0.444 e. The molecule has 2 aromatic rings. The van der Waals surface area contributed by atoms with Crippen molar-refractivity contribution in [3.05, 3.63) is 53.6 Å². The van der Waals surface area contributed by atoms with Gasteiger partial charge in [0.2, 0.25) is 0 Å². The number of likely N-dealkylation sites (tertiary alicyclic amines) is 1. The molecule has 0 aliphatic carbocycles. The highest BCUT2D eigenvalue weighted by Gasteiger charge is 2.33. The Kier molecular flexibility index (Phi) is 8.09. The summed E-state index contributed by atoms with van der Waals surface area (Å²) in [6.45, 7) is 8.31. The summed E-state index contributed by atoms with van der Waals surface area (Å²) in [4.78, 5) is 45.3. The molecule has 2 heterocycles. The number of benzene rings is 1. The Morgan fingerprint density at radius 3 is 2.47 bits per heavy atom. The molecule has 0 saturated carbocycles. The number of ketones is 1. The van der Waals surface area contributed by atoms with Gasteiger partial charge in [0.05, 0.1) is 19.1 Å². The Morgan fingerprint density at radius 2 is 1.85 bits per heavy atom. The minimum atomic E-state index is -0.624. The number of carbonyl (C=O) groups is 3. The third-order valence-corrected chi connectivity index (χ3v) is 5.83. The van der Waals surface area contributed by atoms with Crippen LogP contribution in [-0.2, 0) is 11.3 Å². The Balaban J connectivity index is 1.67. The number of aliphatic hydroxyl groups is 1. The van der Waals surface area contributed by atoms with Crippen LogP contribution in [0.3, 0.4) is 0 Å². The fourth-order valence-corrected chi connectivity index (χ4v) is 4.20. The fraction of sp³-hybridized carbons (Fsp3) is 0.520. The van der Waals surface area contributed by atoms with Gasteiger partial charge in [0.15, 0.2) is 5.78 Å². The lowest BCUT2D eigenvalue weighted by atomic mass is 10.0. The van der Waals surface area contributed by atoms with Crippen LogP contribution in [0.2, 0.25) is 0 Å². The van der Waals surface area contributed by atoms with E-state index in [9.17, 15) is 19.5 Å². The lowest BCUT2D eigenvalue weighted by Gasteiger charge is -2.38. The SMILES string of the molecule is CC(=O)c1ccccc1Cn1cncc1C(=O)N1CCC(N(CCO)C(=O)OC(C)(C)C)CC1. The maximum atomic E-state index is 13.3. The molecule has 1 saturated heterocycles. The maximum Gasteiger partial charge on any atom is 0.410 e. The van der Waals surface area contributed by atoms with Gasteiger partial charge in [0.1, 0.15) is 11.3 Å². The molecule has 1 N–H and O–H groups in total. The number of hydrogen-bond acceptors (Lipinski definition) is 6. The molecule has 0 atom stereocenters. The van der Waals surface area contributed by atoms with Gasteiger partial charge in [0.25, 0.3) is 5.91 Å². The second-order valence-electron chi connectivity index (χ2n) is 9.54. The zero-order chi connectivity index (χ0) is 24.9. The zero-order valence-corrected chi connectivity index (χ0v) is 20.4. The zero-order valence-electron chi connectivity index (χ0n) is 20.4. The van der Waals surface area contributed by atoms with Crippen LogP contribution in [0.5, 0.6) is 0 Å². The molecule has 3 rings (SSSR count). The van der Waals surface area contributed by atoms with Gasteiger partial charge in [-0.15, -0.1) is 0 Å². The van der Waals surface area contributed by atoms with Crippen molar-refractivity contribution in [3.8, 4) is 0 Å². The number of Topliss-reactive ketones (excluding diaryl/α,β-unsaturated/α-hetero) is 1. The van der Waals surface area contributed by atoms with E-state index in [1.807, 2.05) is 18.2 Å². The molecule has 0 bridgehead atoms. The number of imidazole rings is 1. The molecule has 1 aliphatic heterocycles. The Morgan fingerprint density at radius 1 is 1.18 bits per heavy atom. The van der Waals surface area contributed by atoms with Crippen molar-refractivity contribution < 1.29 is 24.2 Å². The highest BCUT2D eigenvalue weighted by molar-refractivity contribution is 5.95. The molecule has 1 aliphatic rings. The van der Waals surface area contributed by atoms with E-state index in [0.717, 1.165) is 5.56 Å².